The lowest BCUT2D eigenvalue weighted by molar-refractivity contribution is -0.697. The second kappa shape index (κ2) is 13.5. The average Bonchev–Trinajstić information content (AvgIpc) is 2.67. The van der Waals surface area contributed by atoms with Crippen molar-refractivity contribution in [2.75, 3.05) is 19.0 Å². The van der Waals surface area contributed by atoms with Gasteiger partial charge in [-0.2, -0.15) is 0 Å². The first kappa shape index (κ1) is 23.4. The summed E-state index contributed by atoms with van der Waals surface area (Å²) in [6, 6.07) is 13.0. The van der Waals surface area contributed by atoms with Crippen molar-refractivity contribution in [2.24, 2.45) is 0 Å². The fourth-order valence-corrected chi connectivity index (χ4v) is 3.06. The van der Waals surface area contributed by atoms with Crippen LogP contribution in [0.3, 0.4) is 0 Å². The smallest absolute Gasteiger partial charge is 0.169 e. The van der Waals surface area contributed by atoms with E-state index in [0.717, 1.165) is 6.54 Å². The Labute approximate surface area is 176 Å². The van der Waals surface area contributed by atoms with Crippen molar-refractivity contribution >= 4 is 17.8 Å². The van der Waals surface area contributed by atoms with Gasteiger partial charge >= 0.3 is 0 Å². The Kier molecular flexibility index (Phi) is 11.8. The van der Waals surface area contributed by atoms with Crippen molar-refractivity contribution in [1.82, 2.24) is 0 Å². The molecule has 0 amide bonds. The number of aromatic nitrogens is 1. The third-order valence-electron chi connectivity index (χ3n) is 4.81. The quantitative estimate of drug-likeness (QED) is 0.392. The van der Waals surface area contributed by atoms with Gasteiger partial charge in [0.15, 0.2) is 12.4 Å². The summed E-state index contributed by atoms with van der Waals surface area (Å²) in [5.74, 6) is 0. The molecule has 0 aliphatic heterocycles. The highest BCUT2D eigenvalue weighted by Gasteiger charge is 2.00. The van der Waals surface area contributed by atoms with Crippen molar-refractivity contribution in [3.8, 4) is 0 Å². The number of aryl methyl sites for hydroxylation is 1. The zero-order chi connectivity index (χ0) is 18.6. The summed E-state index contributed by atoms with van der Waals surface area (Å²) in [4.78, 5) is 2.12. The average molecular weight is 431 g/mol. The van der Waals surface area contributed by atoms with Crippen LogP contribution in [0.5, 0.6) is 0 Å². The lowest BCUT2D eigenvalue weighted by Crippen LogP contribution is -3.00. The van der Waals surface area contributed by atoms with Gasteiger partial charge in [0.1, 0.15) is 6.54 Å². The van der Waals surface area contributed by atoms with E-state index in [2.05, 4.69) is 91.4 Å². The Morgan fingerprint density at radius 1 is 0.741 bits per heavy atom. The predicted octanol–water partition coefficient (Wildman–Crippen LogP) is 2.97. The van der Waals surface area contributed by atoms with E-state index >= 15 is 0 Å². The number of unbranched alkanes of at least 4 members (excludes halogenated alkanes) is 6. The van der Waals surface area contributed by atoms with Crippen LogP contribution >= 0.6 is 0 Å². The Morgan fingerprint density at radius 3 is 1.81 bits per heavy atom. The highest BCUT2D eigenvalue weighted by molar-refractivity contribution is 5.70. The molecule has 0 saturated carbocycles. The van der Waals surface area contributed by atoms with Crippen molar-refractivity contribution in [3.63, 3.8) is 0 Å². The number of hydrogen-bond donors (Lipinski definition) is 0. The number of pyridine rings is 1. The highest BCUT2D eigenvalue weighted by atomic mass is 79.9. The standard InChI is InChI=1S/C24H35N2.BrH/c1-4-5-6-7-8-9-10-19-26-20-17-23(18-21-26)12-11-22-13-15-24(16-14-22)25(2)3;/h11-18,20-21H,4-10,19H2,1-3H3;1H/q+1;/p-1. The van der Waals surface area contributed by atoms with Gasteiger partial charge in [0, 0.05) is 38.3 Å². The normalized spacial score (nSPS) is 10.8. The summed E-state index contributed by atoms with van der Waals surface area (Å²) >= 11 is 0. The van der Waals surface area contributed by atoms with Crippen LogP contribution in [0, 0.1) is 0 Å². The van der Waals surface area contributed by atoms with E-state index in [1.165, 1.54) is 61.8 Å². The SMILES string of the molecule is CCCCCCCCC[n+]1ccc(C=Cc2ccc(N(C)C)cc2)cc1.[Br-]. The molecule has 0 radical (unpaired) electrons. The maximum Gasteiger partial charge on any atom is 0.169 e. The summed E-state index contributed by atoms with van der Waals surface area (Å²) < 4.78 is 2.30. The molecule has 0 fully saturated rings. The fourth-order valence-electron chi connectivity index (χ4n) is 3.06. The molecule has 2 nitrogen and oxygen atoms in total. The van der Waals surface area contributed by atoms with Crippen LogP contribution < -0.4 is 26.4 Å². The molecule has 0 spiro atoms. The third kappa shape index (κ3) is 9.23. The molecule has 0 atom stereocenters. The van der Waals surface area contributed by atoms with Crippen molar-refractivity contribution in [2.45, 2.75) is 58.4 Å². The van der Waals surface area contributed by atoms with Crippen LogP contribution in [-0.2, 0) is 6.54 Å². The zero-order valence-corrected chi connectivity index (χ0v) is 18.8. The van der Waals surface area contributed by atoms with Gasteiger partial charge in [0.2, 0.25) is 0 Å². The van der Waals surface area contributed by atoms with E-state index in [9.17, 15) is 0 Å². The summed E-state index contributed by atoms with van der Waals surface area (Å²) in [5.41, 5.74) is 3.71. The van der Waals surface area contributed by atoms with E-state index in [0.29, 0.717) is 0 Å². The molecular formula is C24H35BrN2. The number of rotatable bonds is 11. The summed E-state index contributed by atoms with van der Waals surface area (Å²) in [6.45, 7) is 3.40. The minimum atomic E-state index is 0. The molecule has 0 unspecified atom stereocenters. The molecule has 0 N–H and O–H groups in total. The minimum absolute atomic E-state index is 0. The number of hydrogen-bond acceptors (Lipinski definition) is 1. The molecular weight excluding hydrogens is 396 g/mol. The highest BCUT2D eigenvalue weighted by Crippen LogP contribution is 2.14. The lowest BCUT2D eigenvalue weighted by Gasteiger charge is -2.11. The number of benzene rings is 1. The maximum absolute atomic E-state index is 2.30. The number of anilines is 1. The van der Waals surface area contributed by atoms with Gasteiger partial charge < -0.3 is 21.9 Å². The van der Waals surface area contributed by atoms with E-state index in [1.54, 1.807) is 0 Å². The van der Waals surface area contributed by atoms with Gasteiger partial charge in [-0.15, -0.1) is 0 Å². The Bertz CT molecular complexity index is 645. The molecule has 3 heteroatoms. The van der Waals surface area contributed by atoms with E-state index in [-0.39, 0.29) is 17.0 Å². The molecule has 1 aromatic carbocycles. The van der Waals surface area contributed by atoms with E-state index in [1.807, 2.05) is 0 Å². The summed E-state index contributed by atoms with van der Waals surface area (Å²) in [6.07, 6.45) is 18.3. The van der Waals surface area contributed by atoms with Crippen LogP contribution in [0.25, 0.3) is 12.2 Å². The molecule has 0 aliphatic rings. The van der Waals surface area contributed by atoms with Crippen LogP contribution in [0.1, 0.15) is 63.0 Å². The largest absolute Gasteiger partial charge is 1.00 e. The number of halogens is 1. The van der Waals surface area contributed by atoms with Gasteiger partial charge in [0.05, 0.1) is 0 Å². The molecule has 2 rings (SSSR count). The first-order valence-corrected chi connectivity index (χ1v) is 10.1. The molecule has 27 heavy (non-hydrogen) atoms. The van der Waals surface area contributed by atoms with Crippen LogP contribution in [0.15, 0.2) is 48.8 Å². The van der Waals surface area contributed by atoms with Gasteiger partial charge in [-0.25, -0.2) is 4.57 Å². The minimum Gasteiger partial charge on any atom is -1.00 e. The van der Waals surface area contributed by atoms with Crippen molar-refractivity contribution in [1.29, 1.82) is 0 Å². The Hall–Kier alpha value is -1.61. The van der Waals surface area contributed by atoms with Gasteiger partial charge in [-0.05, 0) is 29.7 Å². The van der Waals surface area contributed by atoms with Gasteiger partial charge in [0.25, 0.3) is 0 Å². The topological polar surface area (TPSA) is 7.12 Å². The maximum atomic E-state index is 2.30. The second-order valence-corrected chi connectivity index (χ2v) is 7.31. The first-order valence-electron chi connectivity index (χ1n) is 10.1. The molecule has 148 valence electrons. The van der Waals surface area contributed by atoms with Gasteiger partial charge in [-0.3, -0.25) is 0 Å². The Morgan fingerprint density at radius 2 is 1.26 bits per heavy atom. The molecule has 0 aliphatic carbocycles. The third-order valence-corrected chi connectivity index (χ3v) is 4.81. The van der Waals surface area contributed by atoms with E-state index < -0.39 is 0 Å². The van der Waals surface area contributed by atoms with E-state index in [4.69, 9.17) is 0 Å². The molecule has 0 bridgehead atoms. The van der Waals surface area contributed by atoms with Crippen molar-refractivity contribution < 1.29 is 21.5 Å². The zero-order valence-electron chi connectivity index (χ0n) is 17.2. The fraction of sp³-hybridized carbons (Fsp3) is 0.458. The van der Waals surface area contributed by atoms with Crippen LogP contribution in [0.4, 0.5) is 5.69 Å². The van der Waals surface area contributed by atoms with Crippen LogP contribution in [0.2, 0.25) is 0 Å². The predicted molar refractivity (Wildman–Crippen MR) is 114 cm³/mol. The molecule has 1 aromatic heterocycles. The van der Waals surface area contributed by atoms with Crippen LogP contribution in [-0.4, -0.2) is 14.1 Å². The Balaban J connectivity index is 0.00000364. The molecule has 1 heterocycles. The van der Waals surface area contributed by atoms with Gasteiger partial charge in [-0.1, -0.05) is 63.3 Å². The monoisotopic (exact) mass is 430 g/mol. The summed E-state index contributed by atoms with van der Waals surface area (Å²) in [5, 5.41) is 0. The summed E-state index contributed by atoms with van der Waals surface area (Å²) in [7, 11) is 4.13. The number of nitrogens with zero attached hydrogens (tertiary/aromatic N) is 2. The van der Waals surface area contributed by atoms with Crippen molar-refractivity contribution in [3.05, 3.63) is 59.9 Å². The lowest BCUT2D eigenvalue weighted by atomic mass is 10.1. The second-order valence-electron chi connectivity index (χ2n) is 7.31. The first-order chi connectivity index (χ1) is 12.7. The molecule has 0 saturated heterocycles. The molecule has 2 aromatic rings.